The van der Waals surface area contributed by atoms with Gasteiger partial charge in [0.25, 0.3) is 5.56 Å². The van der Waals surface area contributed by atoms with E-state index in [1.165, 1.54) is 0 Å². The molecule has 0 aliphatic carbocycles. The lowest BCUT2D eigenvalue weighted by Crippen LogP contribution is -2.30. The molecule has 30 heavy (non-hydrogen) atoms. The number of hydrogen-bond acceptors (Lipinski definition) is 3. The zero-order valence-corrected chi connectivity index (χ0v) is 18.4. The third kappa shape index (κ3) is 4.28. The second-order valence-electron chi connectivity index (χ2n) is 7.64. The van der Waals surface area contributed by atoms with Gasteiger partial charge in [0, 0.05) is 49.7 Å². The highest BCUT2D eigenvalue weighted by Crippen LogP contribution is 2.20. The van der Waals surface area contributed by atoms with Crippen molar-refractivity contribution in [3.05, 3.63) is 51.4 Å². The zero-order chi connectivity index (χ0) is 21.1. The standard InChI is InChI=1S/C22H25BrN4O3/c23-16-8-9-17-19(15-16)27(22(30)18-5-1-13-26(17)18)14-2-6-20(28)24-10-4-12-25-11-3-7-21(25)29/h1,5,8-9,13,15H,2-4,6-7,10-12,14H2,(H,24,28). The largest absolute Gasteiger partial charge is 0.356 e. The molecule has 2 amide bonds. The minimum absolute atomic E-state index is 0.0231. The number of amides is 2. The molecule has 1 N–H and O–H groups in total. The molecule has 0 bridgehead atoms. The van der Waals surface area contributed by atoms with Gasteiger partial charge in [0.1, 0.15) is 5.52 Å². The first-order valence-corrected chi connectivity index (χ1v) is 11.2. The van der Waals surface area contributed by atoms with Crippen LogP contribution in [0.25, 0.3) is 16.6 Å². The fourth-order valence-electron chi connectivity index (χ4n) is 4.08. The highest BCUT2D eigenvalue weighted by atomic mass is 79.9. The molecule has 1 saturated heterocycles. The molecule has 1 aliphatic heterocycles. The summed E-state index contributed by atoms with van der Waals surface area (Å²) >= 11 is 3.49. The van der Waals surface area contributed by atoms with Crippen LogP contribution in [0.4, 0.5) is 0 Å². The normalized spacial score (nSPS) is 14.2. The van der Waals surface area contributed by atoms with Crippen molar-refractivity contribution in [1.82, 2.24) is 19.2 Å². The van der Waals surface area contributed by atoms with Crippen LogP contribution in [-0.4, -0.2) is 45.3 Å². The van der Waals surface area contributed by atoms with Gasteiger partial charge < -0.3 is 19.2 Å². The molecule has 0 atom stereocenters. The van der Waals surface area contributed by atoms with Crippen LogP contribution in [0.15, 0.2) is 45.8 Å². The fraction of sp³-hybridized carbons (Fsp3) is 0.409. The molecule has 1 aliphatic rings. The Morgan fingerprint density at radius 1 is 1.07 bits per heavy atom. The Bertz CT molecular complexity index is 1150. The van der Waals surface area contributed by atoms with Crippen LogP contribution in [0.5, 0.6) is 0 Å². The number of aromatic nitrogens is 2. The minimum atomic E-state index is -0.0544. The summed E-state index contributed by atoms with van der Waals surface area (Å²) in [7, 11) is 0. The topological polar surface area (TPSA) is 75.8 Å². The number of carbonyl (C=O) groups excluding carboxylic acids is 2. The number of hydrogen-bond donors (Lipinski definition) is 1. The summed E-state index contributed by atoms with van der Waals surface area (Å²) in [5.74, 6) is 0.190. The van der Waals surface area contributed by atoms with Gasteiger partial charge >= 0.3 is 0 Å². The average Bonchev–Trinajstić information content (AvgIpc) is 3.37. The van der Waals surface area contributed by atoms with E-state index in [9.17, 15) is 14.4 Å². The van der Waals surface area contributed by atoms with Crippen LogP contribution in [0, 0.1) is 0 Å². The zero-order valence-electron chi connectivity index (χ0n) is 16.8. The van der Waals surface area contributed by atoms with Crippen molar-refractivity contribution < 1.29 is 9.59 Å². The summed E-state index contributed by atoms with van der Waals surface area (Å²) in [5.41, 5.74) is 2.37. The van der Waals surface area contributed by atoms with Crippen LogP contribution < -0.4 is 10.9 Å². The summed E-state index contributed by atoms with van der Waals surface area (Å²) < 4.78 is 4.56. The Hall–Kier alpha value is -2.61. The van der Waals surface area contributed by atoms with Crippen LogP contribution in [-0.2, 0) is 16.1 Å². The molecule has 4 rings (SSSR count). The van der Waals surface area contributed by atoms with Gasteiger partial charge in [0.2, 0.25) is 11.8 Å². The van der Waals surface area contributed by atoms with Crippen molar-refractivity contribution in [2.24, 2.45) is 0 Å². The Morgan fingerprint density at radius 3 is 2.73 bits per heavy atom. The maximum atomic E-state index is 12.9. The van der Waals surface area contributed by atoms with Gasteiger partial charge in [-0.05, 0) is 49.6 Å². The van der Waals surface area contributed by atoms with Gasteiger partial charge in [0.15, 0.2) is 0 Å². The fourth-order valence-corrected chi connectivity index (χ4v) is 4.42. The number of halogens is 1. The Balaban J connectivity index is 1.34. The number of nitrogens with one attached hydrogen (secondary N) is 1. The lowest BCUT2D eigenvalue weighted by Gasteiger charge is -2.15. The number of fused-ring (bicyclic) bond motifs is 3. The molecule has 0 radical (unpaired) electrons. The van der Waals surface area contributed by atoms with Crippen molar-refractivity contribution >= 4 is 44.3 Å². The monoisotopic (exact) mass is 472 g/mol. The molecule has 2 aromatic heterocycles. The minimum Gasteiger partial charge on any atom is -0.356 e. The molecule has 7 nitrogen and oxygen atoms in total. The summed E-state index contributed by atoms with van der Waals surface area (Å²) in [5, 5.41) is 2.92. The maximum absolute atomic E-state index is 12.9. The van der Waals surface area contributed by atoms with Gasteiger partial charge in [-0.2, -0.15) is 0 Å². The Kier molecular flexibility index (Phi) is 6.22. The van der Waals surface area contributed by atoms with E-state index in [1.54, 1.807) is 4.57 Å². The van der Waals surface area contributed by atoms with E-state index in [0.717, 1.165) is 34.9 Å². The molecule has 1 fully saturated rings. The van der Waals surface area contributed by atoms with Gasteiger partial charge in [-0.3, -0.25) is 14.4 Å². The molecule has 0 saturated carbocycles. The van der Waals surface area contributed by atoms with Crippen LogP contribution in [0.2, 0.25) is 0 Å². The second-order valence-corrected chi connectivity index (χ2v) is 8.56. The molecule has 0 spiro atoms. The summed E-state index contributed by atoms with van der Waals surface area (Å²) in [6.07, 6.45) is 5.17. The van der Waals surface area contributed by atoms with E-state index in [-0.39, 0.29) is 17.4 Å². The van der Waals surface area contributed by atoms with Crippen LogP contribution >= 0.6 is 15.9 Å². The van der Waals surface area contributed by atoms with E-state index in [4.69, 9.17) is 0 Å². The SMILES string of the molecule is O=C(CCCn1c(=O)c2cccn2c2ccc(Br)cc21)NCCCN1CCCC1=O. The number of likely N-dealkylation sites (tertiary alicyclic amines) is 1. The number of nitrogens with zero attached hydrogens (tertiary/aromatic N) is 3. The van der Waals surface area contributed by atoms with Crippen molar-refractivity contribution in [2.75, 3.05) is 19.6 Å². The number of benzene rings is 1. The van der Waals surface area contributed by atoms with Gasteiger partial charge in [-0.1, -0.05) is 15.9 Å². The summed E-state index contributed by atoms with van der Waals surface area (Å²) in [4.78, 5) is 38.6. The lowest BCUT2D eigenvalue weighted by molar-refractivity contribution is -0.127. The van der Waals surface area contributed by atoms with Crippen molar-refractivity contribution in [1.29, 1.82) is 0 Å². The smallest absolute Gasteiger partial charge is 0.275 e. The van der Waals surface area contributed by atoms with E-state index in [1.807, 2.05) is 45.8 Å². The molecule has 8 heteroatoms. The first-order chi connectivity index (χ1) is 14.5. The number of rotatable bonds is 8. The molecule has 3 aromatic rings. The third-order valence-electron chi connectivity index (χ3n) is 5.58. The van der Waals surface area contributed by atoms with Crippen molar-refractivity contribution in [3.8, 4) is 0 Å². The van der Waals surface area contributed by atoms with Gasteiger partial charge in [-0.15, -0.1) is 0 Å². The number of carbonyl (C=O) groups is 2. The molecule has 3 heterocycles. The average molecular weight is 473 g/mol. The predicted molar refractivity (Wildman–Crippen MR) is 120 cm³/mol. The second kappa shape index (κ2) is 9.04. The van der Waals surface area contributed by atoms with Crippen LogP contribution in [0.3, 0.4) is 0 Å². The summed E-state index contributed by atoms with van der Waals surface area (Å²) in [6, 6.07) is 9.57. The Labute approximate surface area is 182 Å². The molecule has 0 unspecified atom stereocenters. The predicted octanol–water partition coefficient (Wildman–Crippen LogP) is 2.93. The first-order valence-electron chi connectivity index (χ1n) is 10.4. The maximum Gasteiger partial charge on any atom is 0.275 e. The van der Waals surface area contributed by atoms with Gasteiger partial charge in [-0.25, -0.2) is 0 Å². The van der Waals surface area contributed by atoms with E-state index >= 15 is 0 Å². The molecule has 1 aromatic carbocycles. The van der Waals surface area contributed by atoms with E-state index < -0.39 is 0 Å². The van der Waals surface area contributed by atoms with Crippen molar-refractivity contribution in [2.45, 2.75) is 38.6 Å². The van der Waals surface area contributed by atoms with Crippen molar-refractivity contribution in [3.63, 3.8) is 0 Å². The number of aryl methyl sites for hydroxylation is 1. The lowest BCUT2D eigenvalue weighted by atomic mass is 10.2. The third-order valence-corrected chi connectivity index (χ3v) is 6.08. The quantitative estimate of drug-likeness (QED) is 0.512. The van der Waals surface area contributed by atoms with Crippen LogP contribution in [0.1, 0.15) is 32.1 Å². The highest BCUT2D eigenvalue weighted by Gasteiger charge is 2.19. The highest BCUT2D eigenvalue weighted by molar-refractivity contribution is 9.10. The van der Waals surface area contributed by atoms with E-state index in [0.29, 0.717) is 44.4 Å². The first kappa shape index (κ1) is 20.7. The van der Waals surface area contributed by atoms with Gasteiger partial charge in [0.05, 0.1) is 11.0 Å². The molecular formula is C22H25BrN4O3. The Morgan fingerprint density at radius 2 is 1.93 bits per heavy atom. The van der Waals surface area contributed by atoms with E-state index in [2.05, 4.69) is 21.2 Å². The molecule has 158 valence electrons. The summed E-state index contributed by atoms with van der Waals surface area (Å²) in [6.45, 7) is 2.57. The molecular weight excluding hydrogens is 448 g/mol.